The second-order valence-electron chi connectivity index (χ2n) is 4.48. The summed E-state index contributed by atoms with van der Waals surface area (Å²) in [5.41, 5.74) is 3.29. The van der Waals surface area contributed by atoms with Gasteiger partial charge in [0, 0.05) is 30.4 Å². The van der Waals surface area contributed by atoms with Crippen LogP contribution in [-0.2, 0) is 6.54 Å². The molecule has 3 rings (SSSR count). The van der Waals surface area contributed by atoms with Crippen LogP contribution in [0.2, 0.25) is 0 Å². The van der Waals surface area contributed by atoms with Gasteiger partial charge in [0.05, 0.1) is 6.54 Å². The highest BCUT2D eigenvalue weighted by Crippen LogP contribution is 2.18. The molecule has 0 fully saturated rings. The van der Waals surface area contributed by atoms with Crippen molar-refractivity contribution >= 4 is 12.2 Å². The van der Waals surface area contributed by atoms with E-state index in [1.807, 2.05) is 29.0 Å². The Kier molecular flexibility index (Phi) is 3.39. The Hall–Kier alpha value is -2.34. The molecule has 0 aliphatic heterocycles. The lowest BCUT2D eigenvalue weighted by atomic mass is 10.1. The molecule has 0 aliphatic rings. The van der Waals surface area contributed by atoms with Crippen LogP contribution in [-0.4, -0.2) is 24.7 Å². The summed E-state index contributed by atoms with van der Waals surface area (Å²) in [4.78, 5) is 8.19. The molecular formula is C14H13N5S. The topological polar surface area (TPSA) is 59.4 Å². The molecule has 0 aliphatic carbocycles. The van der Waals surface area contributed by atoms with E-state index < -0.39 is 0 Å². The largest absolute Gasteiger partial charge is 0.296 e. The number of aryl methyl sites for hydroxylation is 1. The molecule has 0 spiro atoms. The Morgan fingerprint density at radius 2 is 1.90 bits per heavy atom. The fourth-order valence-electron chi connectivity index (χ4n) is 2.02. The maximum absolute atomic E-state index is 5.32. The third-order valence-corrected chi connectivity index (χ3v) is 3.48. The maximum Gasteiger partial charge on any atom is 0.195 e. The smallest absolute Gasteiger partial charge is 0.195 e. The van der Waals surface area contributed by atoms with Crippen LogP contribution in [0, 0.1) is 11.7 Å². The zero-order valence-electron chi connectivity index (χ0n) is 10.9. The number of aromatic amines is 1. The van der Waals surface area contributed by atoms with Crippen LogP contribution in [0.1, 0.15) is 11.1 Å². The number of hydrogen-bond donors (Lipinski definition) is 1. The van der Waals surface area contributed by atoms with E-state index in [1.54, 1.807) is 18.6 Å². The molecule has 3 aromatic heterocycles. The van der Waals surface area contributed by atoms with Gasteiger partial charge < -0.3 is 0 Å². The Morgan fingerprint density at radius 3 is 2.65 bits per heavy atom. The molecule has 3 heterocycles. The van der Waals surface area contributed by atoms with Gasteiger partial charge in [0.25, 0.3) is 0 Å². The summed E-state index contributed by atoms with van der Waals surface area (Å²) in [5, 5.41) is 7.16. The zero-order valence-corrected chi connectivity index (χ0v) is 11.8. The van der Waals surface area contributed by atoms with Crippen molar-refractivity contribution in [2.45, 2.75) is 13.5 Å². The minimum Gasteiger partial charge on any atom is -0.296 e. The normalized spacial score (nSPS) is 10.7. The number of aromatic nitrogens is 5. The number of hydrogen-bond acceptors (Lipinski definition) is 4. The Balaban J connectivity index is 2.05. The van der Waals surface area contributed by atoms with Crippen molar-refractivity contribution in [3.8, 4) is 11.4 Å². The molecule has 5 nitrogen and oxygen atoms in total. The summed E-state index contributed by atoms with van der Waals surface area (Å²) in [6.45, 7) is 2.71. The first-order valence-corrected chi connectivity index (χ1v) is 6.61. The number of pyridine rings is 2. The average Bonchev–Trinajstić information content (AvgIpc) is 2.84. The third kappa shape index (κ3) is 2.37. The molecule has 0 bridgehead atoms. The molecule has 0 aromatic carbocycles. The summed E-state index contributed by atoms with van der Waals surface area (Å²) < 4.78 is 2.56. The fraction of sp³-hybridized carbons (Fsp3) is 0.143. The number of nitrogens with zero attached hydrogens (tertiary/aromatic N) is 4. The van der Waals surface area contributed by atoms with Gasteiger partial charge in [-0.2, -0.15) is 5.10 Å². The highest BCUT2D eigenvalue weighted by molar-refractivity contribution is 7.71. The van der Waals surface area contributed by atoms with Crippen LogP contribution < -0.4 is 0 Å². The van der Waals surface area contributed by atoms with Crippen LogP contribution in [0.25, 0.3) is 11.4 Å². The van der Waals surface area contributed by atoms with Crippen molar-refractivity contribution in [1.82, 2.24) is 24.7 Å². The predicted molar refractivity (Wildman–Crippen MR) is 78.7 cm³/mol. The van der Waals surface area contributed by atoms with E-state index in [1.165, 1.54) is 5.56 Å². The van der Waals surface area contributed by atoms with Gasteiger partial charge in [-0.25, -0.2) is 0 Å². The van der Waals surface area contributed by atoms with Crippen molar-refractivity contribution in [2.75, 3.05) is 0 Å². The van der Waals surface area contributed by atoms with E-state index >= 15 is 0 Å². The first-order chi connectivity index (χ1) is 9.75. The van der Waals surface area contributed by atoms with Crippen molar-refractivity contribution in [3.63, 3.8) is 0 Å². The maximum atomic E-state index is 5.32. The van der Waals surface area contributed by atoms with Crippen LogP contribution in [0.4, 0.5) is 0 Å². The van der Waals surface area contributed by atoms with Gasteiger partial charge in [-0.05, 0) is 48.5 Å². The molecule has 0 amide bonds. The molecule has 0 saturated heterocycles. The van der Waals surface area contributed by atoms with Gasteiger partial charge in [0.2, 0.25) is 0 Å². The second-order valence-corrected chi connectivity index (χ2v) is 4.86. The molecule has 100 valence electrons. The van der Waals surface area contributed by atoms with Crippen LogP contribution >= 0.6 is 12.2 Å². The molecule has 0 saturated carbocycles. The van der Waals surface area contributed by atoms with Gasteiger partial charge in [0.1, 0.15) is 0 Å². The molecule has 0 atom stereocenters. The first-order valence-electron chi connectivity index (χ1n) is 6.21. The molecule has 0 unspecified atom stereocenters. The van der Waals surface area contributed by atoms with Crippen molar-refractivity contribution in [1.29, 1.82) is 0 Å². The lowest BCUT2D eigenvalue weighted by molar-refractivity contribution is 0.781. The van der Waals surface area contributed by atoms with Crippen molar-refractivity contribution in [3.05, 3.63) is 58.9 Å². The Morgan fingerprint density at radius 1 is 1.15 bits per heavy atom. The SMILES string of the molecule is Cc1ccncc1Cn1c(-c2ccncc2)n[nH]c1=S. The fourth-order valence-corrected chi connectivity index (χ4v) is 2.21. The van der Waals surface area contributed by atoms with Crippen molar-refractivity contribution in [2.24, 2.45) is 0 Å². The van der Waals surface area contributed by atoms with Gasteiger partial charge >= 0.3 is 0 Å². The molecule has 20 heavy (non-hydrogen) atoms. The Labute approximate surface area is 121 Å². The van der Waals surface area contributed by atoms with Gasteiger partial charge in [-0.3, -0.25) is 19.6 Å². The first kappa shape index (κ1) is 12.7. The lowest BCUT2D eigenvalue weighted by Crippen LogP contribution is -2.04. The molecule has 0 radical (unpaired) electrons. The summed E-state index contributed by atoms with van der Waals surface area (Å²) >= 11 is 5.32. The number of rotatable bonds is 3. The van der Waals surface area contributed by atoms with E-state index in [2.05, 4.69) is 27.1 Å². The van der Waals surface area contributed by atoms with Crippen LogP contribution in [0.3, 0.4) is 0 Å². The highest BCUT2D eigenvalue weighted by Gasteiger charge is 2.10. The minimum atomic E-state index is 0.597. The van der Waals surface area contributed by atoms with E-state index in [0.29, 0.717) is 11.3 Å². The molecule has 6 heteroatoms. The van der Waals surface area contributed by atoms with Crippen molar-refractivity contribution < 1.29 is 0 Å². The summed E-state index contributed by atoms with van der Waals surface area (Å²) in [5.74, 6) is 0.806. The Bertz CT molecular complexity index is 776. The van der Waals surface area contributed by atoms with Crippen LogP contribution in [0.5, 0.6) is 0 Å². The van der Waals surface area contributed by atoms with Gasteiger partial charge in [-0.1, -0.05) is 0 Å². The second kappa shape index (κ2) is 5.34. The van der Waals surface area contributed by atoms with E-state index in [9.17, 15) is 0 Å². The average molecular weight is 283 g/mol. The monoisotopic (exact) mass is 283 g/mol. The standard InChI is InChI=1S/C14H13N5S/c1-10-2-5-16-8-12(10)9-19-13(17-18-14(19)20)11-3-6-15-7-4-11/h2-8H,9H2,1H3,(H,18,20). The van der Waals surface area contributed by atoms with Crippen LogP contribution in [0.15, 0.2) is 43.0 Å². The minimum absolute atomic E-state index is 0.597. The third-order valence-electron chi connectivity index (χ3n) is 3.17. The highest BCUT2D eigenvalue weighted by atomic mass is 32.1. The molecule has 3 aromatic rings. The van der Waals surface area contributed by atoms with Gasteiger partial charge in [0.15, 0.2) is 10.6 Å². The van der Waals surface area contributed by atoms with E-state index in [-0.39, 0.29) is 0 Å². The summed E-state index contributed by atoms with van der Waals surface area (Å²) in [7, 11) is 0. The quantitative estimate of drug-likeness (QED) is 0.751. The lowest BCUT2D eigenvalue weighted by Gasteiger charge is -2.08. The summed E-state index contributed by atoms with van der Waals surface area (Å²) in [6, 6.07) is 5.82. The summed E-state index contributed by atoms with van der Waals surface area (Å²) in [6.07, 6.45) is 7.14. The molecule has 1 N–H and O–H groups in total. The number of nitrogens with one attached hydrogen (secondary N) is 1. The van der Waals surface area contributed by atoms with E-state index in [4.69, 9.17) is 12.2 Å². The van der Waals surface area contributed by atoms with Gasteiger partial charge in [-0.15, -0.1) is 0 Å². The van der Waals surface area contributed by atoms with E-state index in [0.717, 1.165) is 17.0 Å². The zero-order chi connectivity index (χ0) is 13.9. The number of H-pyrrole nitrogens is 1. The predicted octanol–water partition coefficient (Wildman–Crippen LogP) is 2.75. The molecular weight excluding hydrogens is 270 g/mol.